The SMILES string of the molecule is Cc1cc(O)ccc1C(C)Cc1cn[nH]n1. The van der Waals surface area contributed by atoms with E-state index in [0.29, 0.717) is 11.7 Å². The molecule has 2 aromatic rings. The maximum absolute atomic E-state index is 9.35. The molecule has 0 bridgehead atoms. The van der Waals surface area contributed by atoms with Crippen molar-refractivity contribution in [2.75, 3.05) is 0 Å². The minimum atomic E-state index is 0.315. The van der Waals surface area contributed by atoms with E-state index in [4.69, 9.17) is 0 Å². The molecule has 0 aliphatic carbocycles. The van der Waals surface area contributed by atoms with Gasteiger partial charge in [0, 0.05) is 0 Å². The standard InChI is InChI=1S/C12H15N3O/c1-8(5-10-7-13-15-14-10)12-4-3-11(16)6-9(12)2/h3-4,6-8,16H,5H2,1-2H3,(H,13,14,15). The van der Waals surface area contributed by atoms with Gasteiger partial charge in [-0.25, -0.2) is 0 Å². The third-order valence-electron chi connectivity index (χ3n) is 2.76. The number of aromatic hydroxyl groups is 1. The van der Waals surface area contributed by atoms with Gasteiger partial charge in [0.2, 0.25) is 0 Å². The van der Waals surface area contributed by atoms with E-state index < -0.39 is 0 Å². The second kappa shape index (κ2) is 4.35. The Morgan fingerprint density at radius 1 is 1.44 bits per heavy atom. The monoisotopic (exact) mass is 217 g/mol. The normalized spacial score (nSPS) is 12.6. The lowest BCUT2D eigenvalue weighted by Crippen LogP contribution is -2.01. The molecular formula is C12H15N3O. The highest BCUT2D eigenvalue weighted by Crippen LogP contribution is 2.25. The molecule has 0 amide bonds. The molecule has 1 aromatic carbocycles. The molecule has 0 aliphatic rings. The summed E-state index contributed by atoms with van der Waals surface area (Å²) in [5, 5.41) is 19.8. The van der Waals surface area contributed by atoms with Gasteiger partial charge in [0.15, 0.2) is 0 Å². The van der Waals surface area contributed by atoms with Crippen molar-refractivity contribution in [3.8, 4) is 5.75 Å². The fraction of sp³-hybridized carbons (Fsp3) is 0.333. The van der Waals surface area contributed by atoms with E-state index in [1.807, 2.05) is 13.0 Å². The van der Waals surface area contributed by atoms with Gasteiger partial charge in [0.05, 0.1) is 11.9 Å². The van der Waals surface area contributed by atoms with Gasteiger partial charge in [-0.1, -0.05) is 13.0 Å². The number of aromatic amines is 1. The summed E-state index contributed by atoms with van der Waals surface area (Å²) in [5.74, 6) is 0.681. The number of nitrogens with one attached hydrogen (secondary N) is 1. The van der Waals surface area contributed by atoms with Crippen LogP contribution in [0.1, 0.15) is 29.7 Å². The van der Waals surface area contributed by atoms with E-state index >= 15 is 0 Å². The lowest BCUT2D eigenvalue weighted by molar-refractivity contribution is 0.474. The Morgan fingerprint density at radius 3 is 2.88 bits per heavy atom. The first kappa shape index (κ1) is 10.7. The fourth-order valence-electron chi connectivity index (χ4n) is 1.96. The van der Waals surface area contributed by atoms with Gasteiger partial charge in [-0.3, -0.25) is 0 Å². The Hall–Kier alpha value is -1.84. The van der Waals surface area contributed by atoms with E-state index in [1.165, 1.54) is 5.56 Å². The Labute approximate surface area is 94.3 Å². The van der Waals surface area contributed by atoms with E-state index in [9.17, 15) is 5.11 Å². The molecule has 0 saturated heterocycles. The van der Waals surface area contributed by atoms with E-state index in [-0.39, 0.29) is 0 Å². The van der Waals surface area contributed by atoms with Gasteiger partial charge in [-0.2, -0.15) is 15.4 Å². The van der Waals surface area contributed by atoms with Crippen LogP contribution in [-0.2, 0) is 6.42 Å². The molecule has 1 heterocycles. The van der Waals surface area contributed by atoms with Crippen molar-refractivity contribution in [1.29, 1.82) is 0 Å². The third-order valence-corrected chi connectivity index (χ3v) is 2.76. The molecule has 0 spiro atoms. The molecule has 0 fully saturated rings. The third kappa shape index (κ3) is 2.21. The molecule has 4 nitrogen and oxygen atoms in total. The van der Waals surface area contributed by atoms with Gasteiger partial charge >= 0.3 is 0 Å². The first-order valence-electron chi connectivity index (χ1n) is 5.31. The summed E-state index contributed by atoms with van der Waals surface area (Å²) in [7, 11) is 0. The van der Waals surface area contributed by atoms with Gasteiger partial charge in [-0.05, 0) is 42.5 Å². The number of aromatic nitrogens is 3. The number of H-pyrrole nitrogens is 1. The lowest BCUT2D eigenvalue weighted by Gasteiger charge is -2.13. The highest BCUT2D eigenvalue weighted by atomic mass is 16.3. The topological polar surface area (TPSA) is 61.8 Å². The molecule has 1 aromatic heterocycles. The molecular weight excluding hydrogens is 202 g/mol. The van der Waals surface area contributed by atoms with Crippen LogP contribution in [0, 0.1) is 6.92 Å². The van der Waals surface area contributed by atoms with Crippen LogP contribution in [0.4, 0.5) is 0 Å². The first-order chi connectivity index (χ1) is 7.66. The van der Waals surface area contributed by atoms with E-state index in [0.717, 1.165) is 17.7 Å². The minimum Gasteiger partial charge on any atom is -0.508 e. The van der Waals surface area contributed by atoms with Gasteiger partial charge in [-0.15, -0.1) is 0 Å². The smallest absolute Gasteiger partial charge is 0.115 e. The average molecular weight is 217 g/mol. The summed E-state index contributed by atoms with van der Waals surface area (Å²) in [6.07, 6.45) is 2.59. The lowest BCUT2D eigenvalue weighted by atomic mass is 9.92. The zero-order valence-corrected chi connectivity index (χ0v) is 9.44. The summed E-state index contributed by atoms with van der Waals surface area (Å²) >= 11 is 0. The molecule has 2 N–H and O–H groups in total. The predicted molar refractivity (Wildman–Crippen MR) is 61.3 cm³/mol. The molecule has 0 saturated carbocycles. The summed E-state index contributed by atoms with van der Waals surface area (Å²) in [6.45, 7) is 4.16. The van der Waals surface area contributed by atoms with Crippen molar-refractivity contribution in [2.45, 2.75) is 26.2 Å². The van der Waals surface area contributed by atoms with Crippen LogP contribution in [0.2, 0.25) is 0 Å². The minimum absolute atomic E-state index is 0.315. The van der Waals surface area contributed by atoms with Crippen LogP contribution < -0.4 is 0 Å². The number of rotatable bonds is 3. The molecule has 4 heteroatoms. The summed E-state index contributed by atoms with van der Waals surface area (Å²) < 4.78 is 0. The van der Waals surface area contributed by atoms with E-state index in [2.05, 4.69) is 22.3 Å². The Bertz CT molecular complexity index is 465. The number of benzene rings is 1. The molecule has 1 unspecified atom stereocenters. The van der Waals surface area contributed by atoms with Crippen LogP contribution in [0.5, 0.6) is 5.75 Å². The highest BCUT2D eigenvalue weighted by molar-refractivity contribution is 5.36. The van der Waals surface area contributed by atoms with Crippen molar-refractivity contribution in [1.82, 2.24) is 15.4 Å². The molecule has 16 heavy (non-hydrogen) atoms. The van der Waals surface area contributed by atoms with Crippen LogP contribution >= 0.6 is 0 Å². The fourth-order valence-corrected chi connectivity index (χ4v) is 1.96. The zero-order chi connectivity index (χ0) is 11.5. The number of phenolic OH excluding ortho intramolecular Hbond substituents is 1. The van der Waals surface area contributed by atoms with Crippen LogP contribution in [0.25, 0.3) is 0 Å². The maximum Gasteiger partial charge on any atom is 0.115 e. The van der Waals surface area contributed by atoms with Crippen molar-refractivity contribution < 1.29 is 5.11 Å². The first-order valence-corrected chi connectivity index (χ1v) is 5.31. The number of hydrogen-bond donors (Lipinski definition) is 2. The van der Waals surface area contributed by atoms with Gasteiger partial charge < -0.3 is 5.11 Å². The molecule has 0 aliphatic heterocycles. The molecule has 0 radical (unpaired) electrons. The number of hydrogen-bond acceptors (Lipinski definition) is 3. The Morgan fingerprint density at radius 2 is 2.25 bits per heavy atom. The van der Waals surface area contributed by atoms with Crippen LogP contribution in [-0.4, -0.2) is 20.5 Å². The van der Waals surface area contributed by atoms with Crippen molar-refractivity contribution >= 4 is 0 Å². The van der Waals surface area contributed by atoms with Crippen LogP contribution in [0.15, 0.2) is 24.4 Å². The predicted octanol–water partition coefficient (Wildman–Crippen LogP) is 2.16. The second-order valence-electron chi connectivity index (χ2n) is 4.11. The van der Waals surface area contributed by atoms with E-state index in [1.54, 1.807) is 18.3 Å². The number of aryl methyl sites for hydroxylation is 1. The molecule has 1 atom stereocenters. The zero-order valence-electron chi connectivity index (χ0n) is 9.44. The van der Waals surface area contributed by atoms with Crippen LogP contribution in [0.3, 0.4) is 0 Å². The summed E-state index contributed by atoms with van der Waals surface area (Å²) in [6, 6.07) is 5.48. The Balaban J connectivity index is 2.17. The molecule has 2 rings (SSSR count). The quantitative estimate of drug-likeness (QED) is 0.828. The highest BCUT2D eigenvalue weighted by Gasteiger charge is 2.11. The summed E-state index contributed by atoms with van der Waals surface area (Å²) in [4.78, 5) is 0. The molecule has 84 valence electrons. The van der Waals surface area contributed by atoms with Crippen molar-refractivity contribution in [3.63, 3.8) is 0 Å². The van der Waals surface area contributed by atoms with Gasteiger partial charge in [0.25, 0.3) is 0 Å². The number of nitrogens with zero attached hydrogens (tertiary/aromatic N) is 2. The van der Waals surface area contributed by atoms with Gasteiger partial charge in [0.1, 0.15) is 5.75 Å². The number of phenols is 1. The Kier molecular flexibility index (Phi) is 2.90. The second-order valence-corrected chi connectivity index (χ2v) is 4.11. The van der Waals surface area contributed by atoms with Crippen molar-refractivity contribution in [2.24, 2.45) is 0 Å². The largest absolute Gasteiger partial charge is 0.508 e. The average Bonchev–Trinajstić information content (AvgIpc) is 2.70. The summed E-state index contributed by atoms with van der Waals surface area (Å²) in [5.41, 5.74) is 3.30. The maximum atomic E-state index is 9.35. The van der Waals surface area contributed by atoms with Crippen molar-refractivity contribution in [3.05, 3.63) is 41.2 Å².